The van der Waals surface area contributed by atoms with E-state index in [4.69, 9.17) is 9.52 Å². The lowest BCUT2D eigenvalue weighted by molar-refractivity contribution is 0.292. The maximum absolute atomic E-state index is 9.08. The van der Waals surface area contributed by atoms with Crippen molar-refractivity contribution in [2.24, 2.45) is 0 Å². The molecule has 3 aromatic carbocycles. The average Bonchev–Trinajstić information content (AvgIpc) is 3.10. The number of hydrogen-bond acceptors (Lipinski definition) is 3. The van der Waals surface area contributed by atoms with Gasteiger partial charge in [-0.2, -0.15) is 0 Å². The molecule has 3 heteroatoms. The van der Waals surface area contributed by atoms with Crippen molar-refractivity contribution >= 4 is 16.7 Å². The number of fused-ring (bicyclic) bond motifs is 1. The van der Waals surface area contributed by atoms with Gasteiger partial charge in [0.15, 0.2) is 0 Å². The highest BCUT2D eigenvalue weighted by Gasteiger charge is 2.19. The van der Waals surface area contributed by atoms with Crippen LogP contribution in [-0.4, -0.2) is 18.3 Å². The van der Waals surface area contributed by atoms with Crippen molar-refractivity contribution in [2.45, 2.75) is 6.42 Å². The molecule has 0 bridgehead atoms. The highest BCUT2D eigenvalue weighted by Crippen LogP contribution is 2.43. The van der Waals surface area contributed by atoms with E-state index in [1.54, 1.807) is 0 Å². The molecule has 0 aliphatic carbocycles. The molecule has 0 saturated carbocycles. The van der Waals surface area contributed by atoms with Gasteiger partial charge in [0.1, 0.15) is 11.3 Å². The molecule has 2 N–H and O–H groups in total. The van der Waals surface area contributed by atoms with Crippen LogP contribution in [0.5, 0.6) is 0 Å². The molecule has 0 unspecified atom stereocenters. The highest BCUT2D eigenvalue weighted by atomic mass is 16.3. The van der Waals surface area contributed by atoms with Crippen molar-refractivity contribution < 1.29 is 9.52 Å². The standard InChI is InChI=1S/C23H21NO2/c25-16-8-15-24-19-13-7-14-20-22(19)21(17-9-3-1-4-10-17)23(26-20)18-11-5-2-6-12-18/h1-7,9-14,24-25H,8,15-16H2. The minimum Gasteiger partial charge on any atom is -0.455 e. The van der Waals surface area contributed by atoms with Crippen LogP contribution in [0.15, 0.2) is 83.3 Å². The molecule has 0 aliphatic heterocycles. The number of anilines is 1. The Labute approximate surface area is 152 Å². The Morgan fingerprint density at radius 3 is 2.15 bits per heavy atom. The molecule has 3 nitrogen and oxygen atoms in total. The third-order valence-electron chi connectivity index (χ3n) is 4.46. The van der Waals surface area contributed by atoms with Gasteiger partial charge >= 0.3 is 0 Å². The SMILES string of the molecule is OCCCNc1cccc2oc(-c3ccccc3)c(-c3ccccc3)c12. The van der Waals surface area contributed by atoms with E-state index < -0.39 is 0 Å². The quantitative estimate of drug-likeness (QED) is 0.450. The molecular formula is C23H21NO2. The lowest BCUT2D eigenvalue weighted by Gasteiger charge is -2.09. The van der Waals surface area contributed by atoms with Crippen molar-refractivity contribution in [1.82, 2.24) is 0 Å². The van der Waals surface area contributed by atoms with Crippen molar-refractivity contribution in [3.8, 4) is 22.5 Å². The fraction of sp³-hybridized carbons (Fsp3) is 0.130. The van der Waals surface area contributed by atoms with Crippen LogP contribution in [-0.2, 0) is 0 Å². The van der Waals surface area contributed by atoms with Gasteiger partial charge in [0.25, 0.3) is 0 Å². The van der Waals surface area contributed by atoms with Crippen molar-refractivity contribution in [3.63, 3.8) is 0 Å². The molecule has 0 fully saturated rings. The van der Waals surface area contributed by atoms with Gasteiger partial charge in [-0.15, -0.1) is 0 Å². The van der Waals surface area contributed by atoms with Crippen LogP contribution in [0, 0.1) is 0 Å². The number of benzene rings is 3. The van der Waals surface area contributed by atoms with Crippen LogP contribution in [0.1, 0.15) is 6.42 Å². The van der Waals surface area contributed by atoms with Gasteiger partial charge in [0.05, 0.1) is 5.39 Å². The van der Waals surface area contributed by atoms with Crippen LogP contribution in [0.4, 0.5) is 5.69 Å². The summed E-state index contributed by atoms with van der Waals surface area (Å²) in [5.74, 6) is 0.878. The van der Waals surface area contributed by atoms with E-state index in [1.165, 1.54) is 0 Å². The third-order valence-corrected chi connectivity index (χ3v) is 4.46. The van der Waals surface area contributed by atoms with Crippen LogP contribution < -0.4 is 5.32 Å². The first-order valence-electron chi connectivity index (χ1n) is 8.89. The molecular weight excluding hydrogens is 322 g/mol. The number of aliphatic hydroxyl groups is 1. The number of furan rings is 1. The summed E-state index contributed by atoms with van der Waals surface area (Å²) in [6.45, 7) is 0.894. The molecule has 0 saturated heterocycles. The maximum atomic E-state index is 9.08. The molecule has 0 spiro atoms. The first-order chi connectivity index (χ1) is 12.9. The zero-order chi connectivity index (χ0) is 17.8. The van der Waals surface area contributed by atoms with Gasteiger partial charge < -0.3 is 14.8 Å². The molecule has 0 radical (unpaired) electrons. The minimum atomic E-state index is 0.176. The van der Waals surface area contributed by atoms with Gasteiger partial charge in [0, 0.05) is 30.0 Å². The Kier molecular flexibility index (Phi) is 4.71. The Morgan fingerprint density at radius 2 is 1.46 bits per heavy atom. The lowest BCUT2D eigenvalue weighted by Crippen LogP contribution is -2.03. The summed E-state index contributed by atoms with van der Waals surface area (Å²) >= 11 is 0. The van der Waals surface area contributed by atoms with Crippen molar-refractivity contribution in [3.05, 3.63) is 78.9 Å². The van der Waals surface area contributed by atoms with E-state index in [2.05, 4.69) is 35.6 Å². The summed E-state index contributed by atoms with van der Waals surface area (Å²) in [5, 5.41) is 13.6. The van der Waals surface area contributed by atoms with Gasteiger partial charge in [0.2, 0.25) is 0 Å². The smallest absolute Gasteiger partial charge is 0.143 e. The van der Waals surface area contributed by atoms with E-state index in [0.717, 1.165) is 45.7 Å². The Bertz CT molecular complexity index is 991. The van der Waals surface area contributed by atoms with Crippen LogP contribution in [0.3, 0.4) is 0 Å². The number of rotatable bonds is 6. The van der Waals surface area contributed by atoms with Crippen LogP contribution >= 0.6 is 0 Å². The maximum Gasteiger partial charge on any atom is 0.143 e. The molecule has 130 valence electrons. The second-order valence-corrected chi connectivity index (χ2v) is 6.22. The van der Waals surface area contributed by atoms with Crippen molar-refractivity contribution in [1.29, 1.82) is 0 Å². The number of nitrogens with one attached hydrogen (secondary N) is 1. The molecule has 0 atom stereocenters. The van der Waals surface area contributed by atoms with E-state index in [1.807, 2.05) is 48.5 Å². The van der Waals surface area contributed by atoms with E-state index >= 15 is 0 Å². The van der Waals surface area contributed by atoms with Gasteiger partial charge in [-0.1, -0.05) is 66.7 Å². The highest BCUT2D eigenvalue weighted by molar-refractivity contribution is 6.08. The summed E-state index contributed by atoms with van der Waals surface area (Å²) in [5.41, 5.74) is 5.17. The fourth-order valence-corrected chi connectivity index (χ4v) is 3.27. The topological polar surface area (TPSA) is 45.4 Å². The predicted molar refractivity (Wildman–Crippen MR) is 107 cm³/mol. The summed E-state index contributed by atoms with van der Waals surface area (Å²) in [6.07, 6.45) is 0.709. The normalized spacial score (nSPS) is 11.0. The monoisotopic (exact) mass is 343 g/mol. The van der Waals surface area contributed by atoms with E-state index in [0.29, 0.717) is 6.42 Å². The molecule has 26 heavy (non-hydrogen) atoms. The molecule has 1 heterocycles. The molecule has 1 aromatic heterocycles. The predicted octanol–water partition coefficient (Wildman–Crippen LogP) is 5.56. The Hall–Kier alpha value is -3.04. The zero-order valence-corrected chi connectivity index (χ0v) is 14.5. The minimum absolute atomic E-state index is 0.176. The summed E-state index contributed by atoms with van der Waals surface area (Å²) in [4.78, 5) is 0. The molecule has 4 aromatic rings. The van der Waals surface area contributed by atoms with Crippen LogP contribution in [0.25, 0.3) is 33.4 Å². The number of aliphatic hydroxyl groups excluding tert-OH is 1. The molecule has 4 rings (SSSR count). The second-order valence-electron chi connectivity index (χ2n) is 6.22. The molecule has 0 amide bonds. The summed E-state index contributed by atoms with van der Waals surface area (Å²) < 4.78 is 6.30. The largest absolute Gasteiger partial charge is 0.455 e. The second kappa shape index (κ2) is 7.46. The van der Waals surface area contributed by atoms with Crippen LogP contribution in [0.2, 0.25) is 0 Å². The van der Waals surface area contributed by atoms with E-state index in [-0.39, 0.29) is 6.61 Å². The average molecular weight is 343 g/mol. The summed E-state index contributed by atoms with van der Waals surface area (Å²) in [6, 6.07) is 26.6. The van der Waals surface area contributed by atoms with E-state index in [9.17, 15) is 0 Å². The number of hydrogen-bond donors (Lipinski definition) is 2. The first kappa shape index (κ1) is 16.4. The Balaban J connectivity index is 1.96. The Morgan fingerprint density at radius 1 is 0.769 bits per heavy atom. The third kappa shape index (κ3) is 3.09. The summed E-state index contributed by atoms with van der Waals surface area (Å²) in [7, 11) is 0. The van der Waals surface area contributed by atoms with Gasteiger partial charge in [-0.25, -0.2) is 0 Å². The molecule has 0 aliphatic rings. The van der Waals surface area contributed by atoms with Gasteiger partial charge in [-0.05, 0) is 24.1 Å². The zero-order valence-electron chi connectivity index (χ0n) is 14.5. The fourth-order valence-electron chi connectivity index (χ4n) is 3.27. The lowest BCUT2D eigenvalue weighted by atomic mass is 9.98. The first-order valence-corrected chi connectivity index (χ1v) is 8.89. The van der Waals surface area contributed by atoms with Crippen molar-refractivity contribution in [2.75, 3.05) is 18.5 Å². The van der Waals surface area contributed by atoms with Gasteiger partial charge in [-0.3, -0.25) is 0 Å².